The summed E-state index contributed by atoms with van der Waals surface area (Å²) in [5, 5.41) is 0. The van der Waals surface area contributed by atoms with Gasteiger partial charge in [0.1, 0.15) is 0 Å². The average Bonchev–Trinajstić information content (AvgIpc) is 2.95. The molecule has 1 aliphatic carbocycles. The molecule has 1 aliphatic rings. The fourth-order valence-electron chi connectivity index (χ4n) is 2.26. The third-order valence-corrected chi connectivity index (χ3v) is 4.16. The van der Waals surface area contributed by atoms with Crippen LogP contribution in [-0.4, -0.2) is 15.1 Å². The number of pyridine rings is 1. The third-order valence-electron chi connectivity index (χ3n) is 3.73. The Morgan fingerprint density at radius 2 is 2.24 bits per heavy atom. The molecule has 0 spiro atoms. The summed E-state index contributed by atoms with van der Waals surface area (Å²) in [5.41, 5.74) is 9.82. The van der Waals surface area contributed by atoms with Crippen LogP contribution < -0.4 is 5.73 Å². The molecule has 0 bridgehead atoms. The van der Waals surface area contributed by atoms with Gasteiger partial charge in [0.2, 0.25) is 0 Å². The molecule has 90 valence electrons. The molecule has 17 heavy (non-hydrogen) atoms. The van der Waals surface area contributed by atoms with Crippen molar-refractivity contribution in [3.8, 4) is 0 Å². The summed E-state index contributed by atoms with van der Waals surface area (Å²) < 4.78 is 3.24. The molecule has 1 fully saturated rings. The first kappa shape index (κ1) is 11.2. The predicted octanol–water partition coefficient (Wildman–Crippen LogP) is 2.76. The molecule has 0 aliphatic heterocycles. The lowest BCUT2D eigenvalue weighted by atomic mass is 10.1. The number of nitrogens with zero attached hydrogens (tertiary/aromatic N) is 2. The number of aromatic nitrogens is 2. The van der Waals surface area contributed by atoms with Gasteiger partial charge >= 0.3 is 0 Å². The smallest absolute Gasteiger partial charge is 0.0884 e. The highest BCUT2D eigenvalue weighted by molar-refractivity contribution is 9.10. The highest BCUT2D eigenvalue weighted by Gasteiger charge is 2.37. The fraction of sp³-hybridized carbons (Fsp3) is 0.462. The van der Waals surface area contributed by atoms with Crippen molar-refractivity contribution in [1.82, 2.24) is 9.55 Å². The van der Waals surface area contributed by atoms with Gasteiger partial charge in [0, 0.05) is 29.0 Å². The SMILES string of the molecule is Cn1c(CCC2(N)CC2)cc2ncc(Br)cc21. The Hall–Kier alpha value is -0.870. The number of nitrogens with two attached hydrogens (primary N) is 1. The van der Waals surface area contributed by atoms with Crippen LogP contribution in [0, 0.1) is 0 Å². The van der Waals surface area contributed by atoms with Gasteiger partial charge in [-0.3, -0.25) is 4.98 Å². The standard InChI is InChI=1S/C13H16BrN3/c1-17-10(2-3-13(15)4-5-13)7-11-12(17)6-9(14)8-16-11/h6-8H,2-5,15H2,1H3. The summed E-state index contributed by atoms with van der Waals surface area (Å²) in [6, 6.07) is 4.29. The van der Waals surface area contributed by atoms with Gasteiger partial charge in [-0.15, -0.1) is 0 Å². The van der Waals surface area contributed by atoms with Crippen molar-refractivity contribution in [2.24, 2.45) is 12.8 Å². The van der Waals surface area contributed by atoms with Crippen LogP contribution in [-0.2, 0) is 13.5 Å². The van der Waals surface area contributed by atoms with Gasteiger partial charge in [-0.1, -0.05) is 0 Å². The minimum absolute atomic E-state index is 0.129. The van der Waals surface area contributed by atoms with Crippen LogP contribution in [0.3, 0.4) is 0 Å². The van der Waals surface area contributed by atoms with E-state index >= 15 is 0 Å². The van der Waals surface area contributed by atoms with E-state index in [-0.39, 0.29) is 5.54 Å². The molecule has 2 aromatic heterocycles. The molecule has 0 atom stereocenters. The van der Waals surface area contributed by atoms with Crippen LogP contribution >= 0.6 is 15.9 Å². The monoisotopic (exact) mass is 293 g/mol. The minimum Gasteiger partial charge on any atom is -0.346 e. The van der Waals surface area contributed by atoms with Crippen molar-refractivity contribution in [3.63, 3.8) is 0 Å². The Bertz CT molecular complexity index is 569. The summed E-state index contributed by atoms with van der Waals surface area (Å²) in [6.07, 6.45) is 6.33. The van der Waals surface area contributed by atoms with E-state index in [1.807, 2.05) is 6.20 Å². The minimum atomic E-state index is 0.129. The Morgan fingerprint density at radius 1 is 1.47 bits per heavy atom. The molecule has 4 heteroatoms. The number of hydrogen-bond donors (Lipinski definition) is 1. The second kappa shape index (κ2) is 3.82. The van der Waals surface area contributed by atoms with E-state index in [0.717, 1.165) is 22.8 Å². The van der Waals surface area contributed by atoms with Crippen LogP contribution in [0.2, 0.25) is 0 Å². The summed E-state index contributed by atoms with van der Waals surface area (Å²) in [5.74, 6) is 0. The molecule has 0 radical (unpaired) electrons. The highest BCUT2D eigenvalue weighted by atomic mass is 79.9. The zero-order valence-electron chi connectivity index (χ0n) is 9.91. The lowest BCUT2D eigenvalue weighted by Gasteiger charge is -2.08. The van der Waals surface area contributed by atoms with Crippen molar-refractivity contribution in [2.45, 2.75) is 31.2 Å². The van der Waals surface area contributed by atoms with E-state index in [0.29, 0.717) is 0 Å². The second-order valence-corrected chi connectivity index (χ2v) is 6.03. The third kappa shape index (κ3) is 2.11. The Morgan fingerprint density at radius 3 is 2.94 bits per heavy atom. The fourth-order valence-corrected chi connectivity index (χ4v) is 2.58. The van der Waals surface area contributed by atoms with Gasteiger partial charge in [-0.05, 0) is 53.7 Å². The van der Waals surface area contributed by atoms with E-state index in [1.165, 1.54) is 24.1 Å². The van der Waals surface area contributed by atoms with Gasteiger partial charge in [0.05, 0.1) is 11.0 Å². The summed E-state index contributed by atoms with van der Waals surface area (Å²) in [6.45, 7) is 0. The van der Waals surface area contributed by atoms with Crippen molar-refractivity contribution < 1.29 is 0 Å². The van der Waals surface area contributed by atoms with Crippen molar-refractivity contribution in [3.05, 3.63) is 28.5 Å². The first-order chi connectivity index (χ1) is 8.07. The van der Waals surface area contributed by atoms with Gasteiger partial charge in [0.25, 0.3) is 0 Å². The van der Waals surface area contributed by atoms with Gasteiger partial charge in [0.15, 0.2) is 0 Å². The van der Waals surface area contributed by atoms with Gasteiger partial charge in [-0.2, -0.15) is 0 Å². The lowest BCUT2D eigenvalue weighted by Crippen LogP contribution is -2.22. The number of aryl methyl sites for hydroxylation is 2. The summed E-state index contributed by atoms with van der Waals surface area (Å²) >= 11 is 3.46. The quantitative estimate of drug-likeness (QED) is 0.946. The number of halogens is 1. The summed E-state index contributed by atoms with van der Waals surface area (Å²) in [4.78, 5) is 4.42. The van der Waals surface area contributed by atoms with E-state index < -0.39 is 0 Å². The molecule has 0 saturated heterocycles. The molecule has 2 N–H and O–H groups in total. The van der Waals surface area contributed by atoms with E-state index in [9.17, 15) is 0 Å². The summed E-state index contributed by atoms with van der Waals surface area (Å²) in [7, 11) is 2.10. The van der Waals surface area contributed by atoms with Crippen molar-refractivity contribution in [1.29, 1.82) is 0 Å². The molecule has 3 rings (SSSR count). The topological polar surface area (TPSA) is 43.8 Å². The van der Waals surface area contributed by atoms with E-state index in [1.54, 1.807) is 0 Å². The maximum atomic E-state index is 6.13. The molecule has 2 aromatic rings. The van der Waals surface area contributed by atoms with E-state index in [2.05, 4.69) is 44.7 Å². The van der Waals surface area contributed by atoms with Crippen LogP contribution in [0.4, 0.5) is 0 Å². The molecular weight excluding hydrogens is 278 g/mol. The number of hydrogen-bond acceptors (Lipinski definition) is 2. The molecule has 0 unspecified atom stereocenters. The van der Waals surface area contributed by atoms with Crippen LogP contribution in [0.15, 0.2) is 22.8 Å². The molecule has 2 heterocycles. The first-order valence-electron chi connectivity index (χ1n) is 5.96. The largest absolute Gasteiger partial charge is 0.346 e. The Labute approximate surface area is 109 Å². The van der Waals surface area contributed by atoms with Crippen molar-refractivity contribution >= 4 is 27.0 Å². The normalized spacial score (nSPS) is 17.6. The molecular formula is C13H16BrN3. The second-order valence-electron chi connectivity index (χ2n) is 5.11. The Balaban J connectivity index is 1.91. The molecule has 0 amide bonds. The first-order valence-corrected chi connectivity index (χ1v) is 6.75. The van der Waals surface area contributed by atoms with Gasteiger partial charge in [-0.25, -0.2) is 0 Å². The van der Waals surface area contributed by atoms with Gasteiger partial charge < -0.3 is 10.3 Å². The van der Waals surface area contributed by atoms with Crippen LogP contribution in [0.5, 0.6) is 0 Å². The number of rotatable bonds is 3. The zero-order chi connectivity index (χ0) is 12.0. The molecule has 3 nitrogen and oxygen atoms in total. The van der Waals surface area contributed by atoms with Crippen LogP contribution in [0.25, 0.3) is 11.0 Å². The molecule has 1 saturated carbocycles. The maximum Gasteiger partial charge on any atom is 0.0884 e. The average molecular weight is 294 g/mol. The van der Waals surface area contributed by atoms with Crippen molar-refractivity contribution in [2.75, 3.05) is 0 Å². The van der Waals surface area contributed by atoms with E-state index in [4.69, 9.17) is 5.73 Å². The predicted molar refractivity (Wildman–Crippen MR) is 72.9 cm³/mol. The number of fused-ring (bicyclic) bond motifs is 1. The highest BCUT2D eigenvalue weighted by Crippen LogP contribution is 2.36. The Kier molecular flexibility index (Phi) is 2.52. The van der Waals surface area contributed by atoms with Crippen LogP contribution in [0.1, 0.15) is 25.0 Å². The maximum absolute atomic E-state index is 6.13. The molecule has 0 aromatic carbocycles. The zero-order valence-corrected chi connectivity index (χ0v) is 11.5. The lowest BCUT2D eigenvalue weighted by molar-refractivity contribution is 0.596.